The van der Waals surface area contributed by atoms with Crippen LogP contribution in [0.25, 0.3) is 5.52 Å². The SMILES string of the molecule is CC(C)(C)OC(=O)N1CCC(Nc2nc(S)nn3cccc23)CC1. The predicted molar refractivity (Wildman–Crippen MR) is 94.7 cm³/mol. The molecule has 0 bridgehead atoms. The fourth-order valence-electron chi connectivity index (χ4n) is 2.76. The Balaban J connectivity index is 1.61. The van der Waals surface area contributed by atoms with Gasteiger partial charge in [0, 0.05) is 25.3 Å². The van der Waals surface area contributed by atoms with Crippen molar-refractivity contribution in [3.8, 4) is 0 Å². The van der Waals surface area contributed by atoms with E-state index in [1.165, 1.54) is 0 Å². The van der Waals surface area contributed by atoms with Crippen molar-refractivity contribution in [3.63, 3.8) is 0 Å². The molecule has 0 spiro atoms. The summed E-state index contributed by atoms with van der Waals surface area (Å²) in [6.07, 6.45) is 3.32. The monoisotopic (exact) mass is 349 g/mol. The van der Waals surface area contributed by atoms with Crippen molar-refractivity contribution in [1.82, 2.24) is 19.5 Å². The number of amides is 1. The van der Waals surface area contributed by atoms with Crippen LogP contribution in [0, 0.1) is 0 Å². The van der Waals surface area contributed by atoms with Gasteiger partial charge in [-0.1, -0.05) is 0 Å². The lowest BCUT2D eigenvalue weighted by Gasteiger charge is -2.34. The summed E-state index contributed by atoms with van der Waals surface area (Å²) in [5, 5.41) is 8.10. The first-order chi connectivity index (χ1) is 11.3. The minimum atomic E-state index is -0.462. The molecular weight excluding hydrogens is 326 g/mol. The molecule has 2 aromatic rings. The molecule has 0 unspecified atom stereocenters. The normalized spacial score (nSPS) is 16.4. The van der Waals surface area contributed by atoms with E-state index in [-0.39, 0.29) is 12.1 Å². The van der Waals surface area contributed by atoms with Crippen LogP contribution in [-0.2, 0) is 4.74 Å². The quantitative estimate of drug-likeness (QED) is 0.816. The van der Waals surface area contributed by atoms with E-state index in [0.717, 1.165) is 24.2 Å². The number of hydrogen-bond donors (Lipinski definition) is 2. The molecule has 0 radical (unpaired) electrons. The Hall–Kier alpha value is -1.96. The van der Waals surface area contributed by atoms with E-state index in [2.05, 4.69) is 28.0 Å². The highest BCUT2D eigenvalue weighted by Gasteiger charge is 2.27. The number of hydrogen-bond acceptors (Lipinski definition) is 6. The zero-order valence-electron chi connectivity index (χ0n) is 14.2. The number of aromatic nitrogens is 3. The van der Waals surface area contributed by atoms with E-state index in [0.29, 0.717) is 18.2 Å². The van der Waals surface area contributed by atoms with Gasteiger partial charge in [0.2, 0.25) is 5.16 Å². The minimum absolute atomic E-state index is 0.241. The Morgan fingerprint density at radius 1 is 1.38 bits per heavy atom. The zero-order chi connectivity index (χ0) is 17.3. The molecule has 8 heteroatoms. The molecule has 130 valence electrons. The van der Waals surface area contributed by atoms with Crippen molar-refractivity contribution < 1.29 is 9.53 Å². The number of nitrogens with one attached hydrogen (secondary N) is 1. The Labute approximate surface area is 146 Å². The van der Waals surface area contributed by atoms with Gasteiger partial charge in [-0.15, -0.1) is 17.7 Å². The first-order valence-electron chi connectivity index (χ1n) is 8.11. The Bertz CT molecular complexity index is 732. The summed E-state index contributed by atoms with van der Waals surface area (Å²) in [5.74, 6) is 0.774. The van der Waals surface area contributed by atoms with Gasteiger partial charge in [-0.2, -0.15) is 0 Å². The van der Waals surface area contributed by atoms with E-state index in [1.807, 2.05) is 39.1 Å². The van der Waals surface area contributed by atoms with Crippen molar-refractivity contribution in [2.75, 3.05) is 18.4 Å². The summed E-state index contributed by atoms with van der Waals surface area (Å²) < 4.78 is 7.18. The van der Waals surface area contributed by atoms with E-state index in [9.17, 15) is 4.79 Å². The summed E-state index contributed by atoms with van der Waals surface area (Å²) in [6.45, 7) is 6.98. The second-order valence-electron chi connectivity index (χ2n) is 6.98. The maximum Gasteiger partial charge on any atom is 0.410 e. The third-order valence-electron chi connectivity index (χ3n) is 3.87. The number of likely N-dealkylation sites (tertiary alicyclic amines) is 1. The Kier molecular flexibility index (Phi) is 4.58. The lowest BCUT2D eigenvalue weighted by molar-refractivity contribution is 0.0210. The number of carbonyl (C=O) groups excluding carboxylic acids is 1. The van der Waals surface area contributed by atoms with Crippen LogP contribution in [-0.4, -0.2) is 50.3 Å². The average molecular weight is 349 g/mol. The molecule has 2 aromatic heterocycles. The maximum absolute atomic E-state index is 12.1. The number of nitrogens with zero attached hydrogens (tertiary/aromatic N) is 4. The maximum atomic E-state index is 12.1. The van der Waals surface area contributed by atoms with Gasteiger partial charge in [0.15, 0.2) is 5.82 Å². The highest BCUT2D eigenvalue weighted by molar-refractivity contribution is 7.80. The van der Waals surface area contributed by atoms with Crippen LogP contribution in [0.15, 0.2) is 23.5 Å². The van der Waals surface area contributed by atoms with E-state index in [1.54, 1.807) is 9.42 Å². The minimum Gasteiger partial charge on any atom is -0.444 e. The van der Waals surface area contributed by atoms with E-state index >= 15 is 0 Å². The van der Waals surface area contributed by atoms with Gasteiger partial charge in [0.1, 0.15) is 11.1 Å². The molecule has 1 fully saturated rings. The summed E-state index contributed by atoms with van der Waals surface area (Å²) in [4.78, 5) is 18.3. The molecule has 7 nitrogen and oxygen atoms in total. The molecule has 3 heterocycles. The van der Waals surface area contributed by atoms with Gasteiger partial charge in [-0.3, -0.25) is 0 Å². The summed E-state index contributed by atoms with van der Waals surface area (Å²) in [5.41, 5.74) is 0.457. The molecule has 3 rings (SSSR count). The van der Waals surface area contributed by atoms with Gasteiger partial charge in [-0.05, 0) is 45.7 Å². The lowest BCUT2D eigenvalue weighted by Crippen LogP contribution is -2.44. The molecule has 0 atom stereocenters. The summed E-state index contributed by atoms with van der Waals surface area (Å²) in [7, 11) is 0. The number of rotatable bonds is 2. The topological polar surface area (TPSA) is 71.8 Å². The lowest BCUT2D eigenvalue weighted by atomic mass is 10.1. The third kappa shape index (κ3) is 3.92. The Morgan fingerprint density at radius 3 is 2.75 bits per heavy atom. The first-order valence-corrected chi connectivity index (χ1v) is 8.55. The average Bonchev–Trinajstić information content (AvgIpc) is 2.94. The number of thiol groups is 1. The molecule has 1 aliphatic heterocycles. The molecule has 1 aliphatic rings. The Morgan fingerprint density at radius 2 is 2.08 bits per heavy atom. The van der Waals surface area contributed by atoms with Crippen LogP contribution >= 0.6 is 12.6 Å². The summed E-state index contributed by atoms with van der Waals surface area (Å²) in [6, 6.07) is 4.14. The molecule has 0 aromatic carbocycles. The molecule has 1 N–H and O–H groups in total. The van der Waals surface area contributed by atoms with Crippen LogP contribution < -0.4 is 5.32 Å². The highest BCUT2D eigenvalue weighted by atomic mass is 32.1. The molecule has 0 saturated carbocycles. The number of ether oxygens (including phenoxy) is 1. The fraction of sp³-hybridized carbons (Fsp3) is 0.562. The van der Waals surface area contributed by atoms with Crippen LogP contribution in [0.4, 0.5) is 10.6 Å². The predicted octanol–water partition coefficient (Wildman–Crippen LogP) is 2.83. The van der Waals surface area contributed by atoms with Crippen molar-refractivity contribution in [3.05, 3.63) is 18.3 Å². The summed E-state index contributed by atoms with van der Waals surface area (Å²) >= 11 is 4.25. The van der Waals surface area contributed by atoms with Gasteiger partial charge < -0.3 is 15.0 Å². The number of piperidine rings is 1. The molecule has 1 saturated heterocycles. The largest absolute Gasteiger partial charge is 0.444 e. The highest BCUT2D eigenvalue weighted by Crippen LogP contribution is 2.21. The van der Waals surface area contributed by atoms with Crippen LogP contribution in [0.3, 0.4) is 0 Å². The van der Waals surface area contributed by atoms with Crippen molar-refractivity contribution >= 4 is 30.1 Å². The van der Waals surface area contributed by atoms with Gasteiger partial charge in [-0.25, -0.2) is 14.3 Å². The fourth-order valence-corrected chi connectivity index (χ4v) is 2.95. The molecule has 0 aliphatic carbocycles. The zero-order valence-corrected chi connectivity index (χ0v) is 15.1. The first kappa shape index (κ1) is 16.9. The second-order valence-corrected chi connectivity index (χ2v) is 7.38. The molecule has 1 amide bonds. The van der Waals surface area contributed by atoms with Crippen molar-refractivity contribution in [2.24, 2.45) is 0 Å². The van der Waals surface area contributed by atoms with Gasteiger partial charge >= 0.3 is 6.09 Å². The van der Waals surface area contributed by atoms with Crippen molar-refractivity contribution in [2.45, 2.75) is 50.4 Å². The van der Waals surface area contributed by atoms with Crippen LogP contribution in [0.2, 0.25) is 0 Å². The molecular formula is C16H23N5O2S. The number of anilines is 1. The standard InChI is InChI=1S/C16H23N5O2S/c1-16(2,3)23-15(22)20-9-6-11(7-10-20)17-13-12-5-4-8-21(12)19-14(24)18-13/h4-5,8,11H,6-7,9-10H2,1-3H3,(H2,17,18,19,24). The molecule has 24 heavy (non-hydrogen) atoms. The third-order valence-corrected chi connectivity index (χ3v) is 4.06. The number of fused-ring (bicyclic) bond motifs is 1. The smallest absolute Gasteiger partial charge is 0.410 e. The van der Waals surface area contributed by atoms with Gasteiger partial charge in [0.25, 0.3) is 0 Å². The van der Waals surface area contributed by atoms with E-state index < -0.39 is 5.60 Å². The van der Waals surface area contributed by atoms with Crippen LogP contribution in [0.5, 0.6) is 0 Å². The van der Waals surface area contributed by atoms with Gasteiger partial charge in [0.05, 0.1) is 0 Å². The second kappa shape index (κ2) is 6.51. The van der Waals surface area contributed by atoms with E-state index in [4.69, 9.17) is 4.74 Å². The van der Waals surface area contributed by atoms with Crippen LogP contribution in [0.1, 0.15) is 33.6 Å². The van der Waals surface area contributed by atoms with Crippen molar-refractivity contribution in [1.29, 1.82) is 0 Å². The number of carbonyl (C=O) groups is 1.